The Bertz CT molecular complexity index is 884. The van der Waals surface area contributed by atoms with Crippen molar-refractivity contribution in [2.75, 3.05) is 54.4 Å². The molecule has 2 aliphatic heterocycles. The number of rotatable bonds is 4. The maximum absolute atomic E-state index is 10.2. The van der Waals surface area contributed by atoms with Crippen molar-refractivity contribution in [2.45, 2.75) is 44.2 Å². The van der Waals surface area contributed by atoms with Gasteiger partial charge in [-0.05, 0) is 32.1 Å². The first kappa shape index (κ1) is 19.0. The summed E-state index contributed by atoms with van der Waals surface area (Å²) in [6, 6.07) is -0.0493. The fraction of sp³-hybridized carbons (Fsp3) is 0.684. The number of anilines is 3. The molecular weight excluding hydrogens is 392 g/mol. The van der Waals surface area contributed by atoms with Gasteiger partial charge in [0.25, 0.3) is 0 Å². The van der Waals surface area contributed by atoms with Crippen LogP contribution >= 0.6 is 11.6 Å². The Balaban J connectivity index is 1.56. The molecule has 9 nitrogen and oxygen atoms in total. The number of nitrogens with one attached hydrogen (secondary N) is 2. The second-order valence-electron chi connectivity index (χ2n) is 8.06. The van der Waals surface area contributed by atoms with Crippen molar-refractivity contribution < 1.29 is 5.11 Å². The van der Waals surface area contributed by atoms with Crippen molar-refractivity contribution in [1.29, 1.82) is 0 Å². The smallest absolute Gasteiger partial charge is 0.229 e. The van der Waals surface area contributed by atoms with E-state index in [1.165, 1.54) is 0 Å². The summed E-state index contributed by atoms with van der Waals surface area (Å²) in [5.41, 5.74) is 1.20. The van der Waals surface area contributed by atoms with E-state index in [-0.39, 0.29) is 12.1 Å². The molecule has 0 radical (unpaired) electrons. The molecule has 2 atom stereocenters. The number of nitrogens with zero attached hydrogens (tertiary/aromatic N) is 6. The summed E-state index contributed by atoms with van der Waals surface area (Å²) in [5.74, 6) is 2.01. The van der Waals surface area contributed by atoms with Crippen LogP contribution in [0.3, 0.4) is 0 Å². The number of fused-ring (bicyclic) bond motifs is 1. The second kappa shape index (κ2) is 8.04. The molecule has 10 heteroatoms. The first-order valence-corrected chi connectivity index (χ1v) is 11.0. The largest absolute Gasteiger partial charge is 0.391 e. The van der Waals surface area contributed by atoms with Gasteiger partial charge < -0.3 is 25.5 Å². The molecule has 0 bridgehead atoms. The Kier molecular flexibility index (Phi) is 5.28. The standard InChI is InChI=1S/C19H27ClN8O/c20-15-17(22-12-4-3-5-13(12)29)24-16-14(23-15)18(27-8-1-2-9-27)26-19(25-16)28-10-6-21-7-11-28/h12-13,21,29H,1-11H2,(H,22,24,25,26)/t12-,13-/m0/s1. The molecule has 0 spiro atoms. The zero-order chi connectivity index (χ0) is 19.8. The van der Waals surface area contributed by atoms with E-state index < -0.39 is 0 Å². The van der Waals surface area contributed by atoms with E-state index in [9.17, 15) is 5.11 Å². The van der Waals surface area contributed by atoms with E-state index in [1.54, 1.807) is 0 Å². The number of aliphatic hydroxyl groups excluding tert-OH is 1. The van der Waals surface area contributed by atoms with Gasteiger partial charge in [0, 0.05) is 39.3 Å². The van der Waals surface area contributed by atoms with Gasteiger partial charge >= 0.3 is 0 Å². The Morgan fingerprint density at radius 1 is 0.931 bits per heavy atom. The van der Waals surface area contributed by atoms with Gasteiger partial charge in [-0.3, -0.25) is 0 Å². The third-order valence-corrected chi connectivity index (χ3v) is 6.33. The van der Waals surface area contributed by atoms with Crippen molar-refractivity contribution in [3.05, 3.63) is 5.15 Å². The molecule has 2 saturated heterocycles. The van der Waals surface area contributed by atoms with E-state index >= 15 is 0 Å². The minimum Gasteiger partial charge on any atom is -0.391 e. The molecule has 3 fully saturated rings. The first-order chi connectivity index (χ1) is 14.2. The van der Waals surface area contributed by atoms with Crippen LogP contribution in [0.2, 0.25) is 5.15 Å². The number of aromatic nitrogens is 4. The number of aliphatic hydroxyl groups is 1. The number of halogens is 1. The topological polar surface area (TPSA) is 102 Å². The Morgan fingerprint density at radius 2 is 1.72 bits per heavy atom. The summed E-state index contributed by atoms with van der Waals surface area (Å²) in [6.45, 7) is 5.48. The average Bonchev–Trinajstić information content (AvgIpc) is 3.41. The lowest BCUT2D eigenvalue weighted by atomic mass is 10.2. The van der Waals surface area contributed by atoms with Crippen LogP contribution in [0.15, 0.2) is 0 Å². The molecule has 1 aliphatic carbocycles. The molecule has 1 saturated carbocycles. The summed E-state index contributed by atoms with van der Waals surface area (Å²) < 4.78 is 0. The highest BCUT2D eigenvalue weighted by Crippen LogP contribution is 2.31. The van der Waals surface area contributed by atoms with Gasteiger partial charge in [-0.1, -0.05) is 11.6 Å². The van der Waals surface area contributed by atoms with Crippen molar-refractivity contribution in [1.82, 2.24) is 25.3 Å². The molecule has 4 heterocycles. The highest BCUT2D eigenvalue weighted by Gasteiger charge is 2.28. The normalized spacial score (nSPS) is 25.2. The van der Waals surface area contributed by atoms with Crippen molar-refractivity contribution >= 4 is 40.3 Å². The van der Waals surface area contributed by atoms with E-state index in [1.807, 2.05) is 0 Å². The SMILES string of the molecule is O[C@H]1CCC[C@@H]1Nc1nc2nc(N3CCNCC3)nc(N3CCCC3)c2nc1Cl. The molecule has 0 unspecified atom stereocenters. The number of hydrogen-bond acceptors (Lipinski definition) is 9. The van der Waals surface area contributed by atoms with Crippen LogP contribution in [-0.2, 0) is 0 Å². The predicted molar refractivity (Wildman–Crippen MR) is 114 cm³/mol. The second-order valence-corrected chi connectivity index (χ2v) is 8.42. The third kappa shape index (κ3) is 3.78. The minimum atomic E-state index is -0.384. The summed E-state index contributed by atoms with van der Waals surface area (Å²) in [7, 11) is 0. The Hall–Kier alpha value is -1.97. The molecule has 3 N–H and O–H groups in total. The summed E-state index contributed by atoms with van der Waals surface area (Å²) in [6.07, 6.45) is 4.59. The lowest BCUT2D eigenvalue weighted by Gasteiger charge is -2.28. The molecule has 29 heavy (non-hydrogen) atoms. The van der Waals surface area contributed by atoms with Gasteiger partial charge in [0.15, 0.2) is 28.0 Å². The molecule has 2 aromatic rings. The van der Waals surface area contributed by atoms with Gasteiger partial charge in [0.05, 0.1) is 12.1 Å². The maximum atomic E-state index is 10.2. The van der Waals surface area contributed by atoms with Crippen LogP contribution in [0.5, 0.6) is 0 Å². The van der Waals surface area contributed by atoms with E-state index in [4.69, 9.17) is 26.6 Å². The zero-order valence-corrected chi connectivity index (χ0v) is 17.2. The predicted octanol–water partition coefficient (Wildman–Crippen LogP) is 1.41. The zero-order valence-electron chi connectivity index (χ0n) is 16.4. The summed E-state index contributed by atoms with van der Waals surface area (Å²) in [4.78, 5) is 23.4. The Morgan fingerprint density at radius 3 is 2.45 bits per heavy atom. The fourth-order valence-electron chi connectivity index (χ4n) is 4.43. The molecule has 156 valence electrons. The summed E-state index contributed by atoms with van der Waals surface area (Å²) >= 11 is 6.49. The highest BCUT2D eigenvalue weighted by molar-refractivity contribution is 6.32. The van der Waals surface area contributed by atoms with E-state index in [0.29, 0.717) is 28.1 Å². The van der Waals surface area contributed by atoms with Gasteiger partial charge in [0.1, 0.15) is 0 Å². The summed E-state index contributed by atoms with van der Waals surface area (Å²) in [5, 5.41) is 17.1. The first-order valence-electron chi connectivity index (χ1n) is 10.6. The van der Waals surface area contributed by atoms with Gasteiger partial charge in [-0.25, -0.2) is 9.97 Å². The van der Waals surface area contributed by atoms with Gasteiger partial charge in [0.2, 0.25) is 5.95 Å². The number of hydrogen-bond donors (Lipinski definition) is 3. The third-order valence-electron chi connectivity index (χ3n) is 6.07. The van der Waals surface area contributed by atoms with Crippen molar-refractivity contribution in [3.63, 3.8) is 0 Å². The van der Waals surface area contributed by atoms with E-state index in [0.717, 1.165) is 77.2 Å². The monoisotopic (exact) mass is 418 g/mol. The molecular formula is C19H27ClN8O. The average molecular weight is 419 g/mol. The van der Waals surface area contributed by atoms with E-state index in [2.05, 4.69) is 25.4 Å². The lowest BCUT2D eigenvalue weighted by molar-refractivity contribution is 0.171. The van der Waals surface area contributed by atoms with Gasteiger partial charge in [-0.2, -0.15) is 9.97 Å². The van der Waals surface area contributed by atoms with Crippen LogP contribution in [0.4, 0.5) is 17.6 Å². The van der Waals surface area contributed by atoms with Gasteiger partial charge in [-0.15, -0.1) is 0 Å². The Labute approximate surface area is 174 Å². The molecule has 0 aromatic carbocycles. The maximum Gasteiger partial charge on any atom is 0.229 e. The molecule has 5 rings (SSSR count). The minimum absolute atomic E-state index is 0.0493. The quantitative estimate of drug-likeness (QED) is 0.679. The molecule has 3 aliphatic rings. The number of piperazine rings is 1. The molecule has 0 amide bonds. The highest BCUT2D eigenvalue weighted by atomic mass is 35.5. The van der Waals surface area contributed by atoms with Crippen LogP contribution in [0.1, 0.15) is 32.1 Å². The van der Waals surface area contributed by atoms with Crippen LogP contribution in [0, 0.1) is 0 Å². The van der Waals surface area contributed by atoms with Crippen LogP contribution < -0.4 is 20.4 Å². The fourth-order valence-corrected chi connectivity index (χ4v) is 4.61. The lowest BCUT2D eigenvalue weighted by Crippen LogP contribution is -2.44. The van der Waals surface area contributed by atoms with Crippen molar-refractivity contribution in [3.8, 4) is 0 Å². The van der Waals surface area contributed by atoms with Crippen LogP contribution in [0.25, 0.3) is 11.2 Å². The van der Waals surface area contributed by atoms with Crippen molar-refractivity contribution in [2.24, 2.45) is 0 Å². The molecule has 2 aromatic heterocycles. The van der Waals surface area contributed by atoms with Crippen LogP contribution in [-0.4, -0.2) is 76.5 Å².